The number of sulfonamides is 1. The monoisotopic (exact) mass is 649 g/mol. The summed E-state index contributed by atoms with van der Waals surface area (Å²) in [6.45, 7) is 5.34. The number of nitrogens with one attached hydrogen (secondary N) is 2. The zero-order chi connectivity index (χ0) is 30.5. The van der Waals surface area contributed by atoms with Gasteiger partial charge in [-0.1, -0.05) is 42.5 Å². The predicted octanol–water partition coefficient (Wildman–Crippen LogP) is 5.35. The molecule has 1 amide bonds. The number of carbonyl (C=O) groups is 1. The van der Waals surface area contributed by atoms with Gasteiger partial charge in [0.15, 0.2) is 0 Å². The van der Waals surface area contributed by atoms with Crippen molar-refractivity contribution in [2.75, 3.05) is 56.1 Å². The van der Waals surface area contributed by atoms with E-state index < -0.39 is 10.0 Å². The molecule has 0 unspecified atom stereocenters. The lowest BCUT2D eigenvalue weighted by Crippen LogP contribution is -2.45. The van der Waals surface area contributed by atoms with Crippen LogP contribution >= 0.6 is 22.7 Å². The van der Waals surface area contributed by atoms with Gasteiger partial charge < -0.3 is 20.0 Å². The Labute approximate surface area is 268 Å². The Bertz CT molecular complexity index is 1630. The van der Waals surface area contributed by atoms with Crippen LogP contribution in [0.15, 0.2) is 82.4 Å². The first-order chi connectivity index (χ1) is 21.4. The summed E-state index contributed by atoms with van der Waals surface area (Å²) in [5, 5.41) is 6.97. The zero-order valence-electron chi connectivity index (χ0n) is 24.9. The summed E-state index contributed by atoms with van der Waals surface area (Å²) in [4.78, 5) is 22.6. The highest BCUT2D eigenvalue weighted by molar-refractivity contribution is 7.89. The average Bonchev–Trinajstić information content (AvgIpc) is 3.78. The number of thiophene rings is 2. The molecule has 44 heavy (non-hydrogen) atoms. The quantitative estimate of drug-likeness (QED) is 0.241. The van der Waals surface area contributed by atoms with Gasteiger partial charge in [0.25, 0.3) is 5.91 Å². The summed E-state index contributed by atoms with van der Waals surface area (Å²) in [5.74, 6) is 0.167. The van der Waals surface area contributed by atoms with Gasteiger partial charge >= 0.3 is 0 Å². The van der Waals surface area contributed by atoms with Crippen molar-refractivity contribution in [3.05, 3.63) is 98.4 Å². The van der Waals surface area contributed by atoms with Crippen molar-refractivity contribution >= 4 is 50.0 Å². The van der Waals surface area contributed by atoms with E-state index in [1.165, 1.54) is 16.9 Å². The van der Waals surface area contributed by atoms with Crippen LogP contribution in [-0.2, 0) is 23.1 Å². The molecule has 4 aromatic rings. The van der Waals surface area contributed by atoms with E-state index in [9.17, 15) is 13.2 Å². The van der Waals surface area contributed by atoms with Gasteiger partial charge in [-0.05, 0) is 66.4 Å². The molecular weight excluding hydrogens is 611 g/mol. The lowest BCUT2D eigenvalue weighted by Gasteiger charge is -2.38. The Morgan fingerprint density at radius 1 is 0.795 bits per heavy atom. The summed E-state index contributed by atoms with van der Waals surface area (Å²) < 4.78 is 30.9. The number of likely N-dealkylation sites (N-methyl/N-ethyl adjacent to an activating group) is 1. The van der Waals surface area contributed by atoms with Gasteiger partial charge in [-0.15, -0.1) is 22.7 Å². The summed E-state index contributed by atoms with van der Waals surface area (Å²) >= 11 is 3.10. The fraction of sp³-hybridized carbons (Fsp3) is 0.364. The minimum absolute atomic E-state index is 0.159. The number of nitrogens with zero attached hydrogens (tertiary/aromatic N) is 3. The molecule has 0 bridgehead atoms. The van der Waals surface area contributed by atoms with Crippen molar-refractivity contribution in [2.24, 2.45) is 0 Å². The first kappa shape index (κ1) is 30.8. The number of hydrogen-bond donors (Lipinski definition) is 2. The van der Waals surface area contributed by atoms with Crippen molar-refractivity contribution in [2.45, 2.75) is 36.7 Å². The first-order valence-corrected chi connectivity index (χ1v) is 18.4. The molecule has 11 heteroatoms. The maximum absolute atomic E-state index is 14.0. The molecule has 2 saturated heterocycles. The number of carbonyl (C=O) groups excluding carboxylic acids is 1. The second kappa shape index (κ2) is 13.8. The molecule has 0 radical (unpaired) electrons. The molecule has 4 heterocycles. The van der Waals surface area contributed by atoms with Crippen molar-refractivity contribution in [3.63, 3.8) is 0 Å². The van der Waals surface area contributed by atoms with E-state index in [0.29, 0.717) is 23.7 Å². The average molecular weight is 650 g/mol. The minimum atomic E-state index is -3.94. The summed E-state index contributed by atoms with van der Waals surface area (Å²) in [6, 6.07) is 21.9. The molecule has 0 atom stereocenters. The van der Waals surface area contributed by atoms with Gasteiger partial charge in [0.05, 0.1) is 23.5 Å². The van der Waals surface area contributed by atoms with E-state index in [-0.39, 0.29) is 17.3 Å². The standard InChI is InChI=1S/C33H39N5O3S3/c1-36-15-17-38(18-16-36)30-22-31(37-13-11-26(12-14-37)25-7-3-2-4-8-25)32(44(40,41)35-24-28-10-6-20-43-28)21-29(30)33(39)34-23-27-9-5-19-42-27/h2-10,19-22,26,35H,11-18,23-24H2,1H3,(H,34,39). The molecule has 0 spiro atoms. The predicted molar refractivity (Wildman–Crippen MR) is 181 cm³/mol. The SMILES string of the molecule is CN1CCN(c2cc(N3CCC(c4ccccc4)CC3)c(S(=O)(=O)NCc3cccs3)cc2C(=O)NCc2cccs2)CC1. The smallest absolute Gasteiger partial charge is 0.253 e. The number of rotatable bonds is 10. The molecule has 8 nitrogen and oxygen atoms in total. The Morgan fingerprint density at radius 2 is 1.43 bits per heavy atom. The van der Waals surface area contributed by atoms with Crippen LogP contribution in [0.4, 0.5) is 11.4 Å². The number of hydrogen-bond acceptors (Lipinski definition) is 8. The third kappa shape index (κ3) is 7.18. The second-order valence-electron chi connectivity index (χ2n) is 11.5. The Kier molecular flexibility index (Phi) is 9.68. The topological polar surface area (TPSA) is 85.0 Å². The molecule has 2 aromatic carbocycles. The minimum Gasteiger partial charge on any atom is -0.370 e. The molecule has 0 aliphatic carbocycles. The van der Waals surface area contributed by atoms with Gasteiger partial charge in [-0.3, -0.25) is 4.79 Å². The maximum Gasteiger partial charge on any atom is 0.253 e. The van der Waals surface area contributed by atoms with E-state index in [1.807, 2.05) is 47.2 Å². The fourth-order valence-electron chi connectivity index (χ4n) is 6.02. The number of piperazine rings is 1. The van der Waals surface area contributed by atoms with Gasteiger partial charge in [-0.2, -0.15) is 0 Å². The van der Waals surface area contributed by atoms with Crippen LogP contribution in [0.1, 0.15) is 44.4 Å². The number of anilines is 2. The molecule has 6 rings (SSSR count). The van der Waals surface area contributed by atoms with E-state index in [1.54, 1.807) is 17.4 Å². The van der Waals surface area contributed by atoms with Crippen LogP contribution in [0.25, 0.3) is 0 Å². The molecular formula is C33H39N5O3S3. The largest absolute Gasteiger partial charge is 0.370 e. The highest BCUT2D eigenvalue weighted by Crippen LogP contribution is 2.38. The van der Waals surface area contributed by atoms with Crippen molar-refractivity contribution in [1.29, 1.82) is 0 Å². The van der Waals surface area contributed by atoms with Crippen molar-refractivity contribution < 1.29 is 13.2 Å². The summed E-state index contributed by atoms with van der Waals surface area (Å²) in [6.07, 6.45) is 1.86. The van der Waals surface area contributed by atoms with Crippen LogP contribution < -0.4 is 19.8 Å². The lowest BCUT2D eigenvalue weighted by atomic mass is 9.89. The third-order valence-corrected chi connectivity index (χ3v) is 11.8. The number of piperidine rings is 1. The maximum atomic E-state index is 14.0. The fourth-order valence-corrected chi connectivity index (χ4v) is 8.64. The van der Waals surface area contributed by atoms with E-state index in [0.717, 1.165) is 67.6 Å². The molecule has 232 valence electrons. The van der Waals surface area contributed by atoms with Crippen LogP contribution in [0.2, 0.25) is 0 Å². The van der Waals surface area contributed by atoms with Crippen LogP contribution in [0.5, 0.6) is 0 Å². The van der Waals surface area contributed by atoms with Crippen LogP contribution in [-0.4, -0.2) is 65.5 Å². The van der Waals surface area contributed by atoms with Gasteiger partial charge in [0.2, 0.25) is 10.0 Å². The van der Waals surface area contributed by atoms with Crippen LogP contribution in [0, 0.1) is 0 Å². The Balaban J connectivity index is 1.37. The molecule has 2 aromatic heterocycles. The van der Waals surface area contributed by atoms with Gasteiger partial charge in [-0.25, -0.2) is 13.1 Å². The number of benzene rings is 2. The molecule has 2 fully saturated rings. The van der Waals surface area contributed by atoms with E-state index >= 15 is 0 Å². The van der Waals surface area contributed by atoms with Gasteiger partial charge in [0, 0.05) is 55.6 Å². The molecule has 2 N–H and O–H groups in total. The normalized spacial score (nSPS) is 16.8. The third-order valence-electron chi connectivity index (χ3n) is 8.58. The highest BCUT2D eigenvalue weighted by Gasteiger charge is 2.31. The Morgan fingerprint density at radius 3 is 2.07 bits per heavy atom. The van der Waals surface area contributed by atoms with Crippen molar-refractivity contribution in [3.8, 4) is 0 Å². The van der Waals surface area contributed by atoms with Crippen molar-refractivity contribution in [1.82, 2.24) is 14.9 Å². The zero-order valence-corrected chi connectivity index (χ0v) is 27.4. The second-order valence-corrected chi connectivity index (χ2v) is 15.3. The Hall–Kier alpha value is -3.22. The number of amides is 1. The van der Waals surface area contributed by atoms with Gasteiger partial charge in [0.1, 0.15) is 4.90 Å². The van der Waals surface area contributed by atoms with E-state index in [4.69, 9.17) is 0 Å². The highest BCUT2D eigenvalue weighted by atomic mass is 32.2. The lowest BCUT2D eigenvalue weighted by molar-refractivity contribution is 0.0951. The molecule has 2 aliphatic rings. The summed E-state index contributed by atoms with van der Waals surface area (Å²) in [5.41, 5.74) is 3.18. The molecule has 0 saturated carbocycles. The van der Waals surface area contributed by atoms with Crippen LogP contribution in [0.3, 0.4) is 0 Å². The first-order valence-electron chi connectivity index (χ1n) is 15.1. The molecule has 2 aliphatic heterocycles. The summed E-state index contributed by atoms with van der Waals surface area (Å²) in [7, 11) is -1.84. The van der Waals surface area contributed by atoms with E-state index in [2.05, 4.69) is 56.1 Å².